The van der Waals surface area contributed by atoms with Crippen LogP contribution in [0.5, 0.6) is 0 Å². The summed E-state index contributed by atoms with van der Waals surface area (Å²) in [7, 11) is 0. The summed E-state index contributed by atoms with van der Waals surface area (Å²) in [6.07, 6.45) is 1.26. The van der Waals surface area contributed by atoms with Gasteiger partial charge >= 0.3 is 0 Å². The van der Waals surface area contributed by atoms with Gasteiger partial charge in [0, 0.05) is 6.42 Å². The van der Waals surface area contributed by atoms with Crippen LogP contribution >= 0.6 is 0 Å². The summed E-state index contributed by atoms with van der Waals surface area (Å²) in [5.41, 5.74) is 3.96. The predicted octanol–water partition coefficient (Wildman–Crippen LogP) is 1.30. The van der Waals surface area contributed by atoms with Crippen molar-refractivity contribution >= 4 is 0 Å². The fraction of sp³-hybridized carbons (Fsp3) is 1.00. The lowest BCUT2D eigenvalue weighted by Crippen LogP contribution is -2.59. The zero-order valence-electron chi connectivity index (χ0n) is 7.15. The first kappa shape index (κ1) is 8.96. The summed E-state index contributed by atoms with van der Waals surface area (Å²) in [6, 6.07) is 0.613. The third-order valence-electron chi connectivity index (χ3n) is 1.91. The summed E-state index contributed by atoms with van der Waals surface area (Å²) in [4.78, 5) is 0. The first-order chi connectivity index (χ1) is 4.04. The molecule has 0 aromatic carbocycles. The van der Waals surface area contributed by atoms with Crippen LogP contribution in [0.2, 0.25) is 0 Å². The van der Waals surface area contributed by atoms with Crippen LogP contribution in [-0.4, -0.2) is 6.04 Å². The number of hydrogen-bond acceptors (Lipinski definition) is 0. The van der Waals surface area contributed by atoms with Crippen LogP contribution in [0.15, 0.2) is 0 Å². The van der Waals surface area contributed by atoms with Gasteiger partial charge in [0.2, 0.25) is 0 Å². The molecule has 2 unspecified atom stereocenters. The molecule has 0 radical (unpaired) electrons. The van der Waals surface area contributed by atoms with Crippen molar-refractivity contribution in [2.45, 2.75) is 40.2 Å². The Labute approximate surface area is 58.6 Å². The van der Waals surface area contributed by atoms with Gasteiger partial charge in [0.15, 0.2) is 0 Å². The summed E-state index contributed by atoms with van der Waals surface area (Å²) in [6.45, 7) is 9.02. The van der Waals surface area contributed by atoms with Crippen molar-refractivity contribution in [3.05, 3.63) is 0 Å². The maximum atomic E-state index is 3.96. The van der Waals surface area contributed by atoms with Crippen LogP contribution in [-0.2, 0) is 0 Å². The quantitative estimate of drug-likeness (QED) is 0.596. The van der Waals surface area contributed by atoms with Crippen LogP contribution in [0.3, 0.4) is 0 Å². The van der Waals surface area contributed by atoms with E-state index in [0.29, 0.717) is 6.04 Å². The van der Waals surface area contributed by atoms with Crippen molar-refractivity contribution in [3.63, 3.8) is 0 Å². The molecule has 0 aromatic heterocycles. The molecule has 1 nitrogen and oxygen atoms in total. The molecule has 0 saturated carbocycles. The van der Waals surface area contributed by atoms with Crippen LogP contribution in [0.4, 0.5) is 0 Å². The van der Waals surface area contributed by atoms with Crippen LogP contribution in [0, 0.1) is 11.8 Å². The van der Waals surface area contributed by atoms with Crippen molar-refractivity contribution < 1.29 is 5.73 Å². The average Bonchev–Trinajstić information content (AvgIpc) is 1.63. The van der Waals surface area contributed by atoms with E-state index >= 15 is 0 Å². The molecule has 0 fully saturated rings. The number of hydrogen-bond donors (Lipinski definition) is 1. The van der Waals surface area contributed by atoms with Gasteiger partial charge in [-0.3, -0.25) is 0 Å². The molecule has 3 N–H and O–H groups in total. The minimum Gasteiger partial charge on any atom is -0.355 e. The molecule has 0 aliphatic rings. The van der Waals surface area contributed by atoms with E-state index in [2.05, 4.69) is 33.4 Å². The zero-order valence-corrected chi connectivity index (χ0v) is 7.15. The maximum absolute atomic E-state index is 3.96. The van der Waals surface area contributed by atoms with Crippen LogP contribution in [0.1, 0.15) is 34.1 Å². The predicted molar refractivity (Wildman–Crippen MR) is 41.0 cm³/mol. The molecule has 0 bridgehead atoms. The highest BCUT2D eigenvalue weighted by molar-refractivity contribution is 4.59. The zero-order chi connectivity index (χ0) is 7.44. The summed E-state index contributed by atoms with van der Waals surface area (Å²) < 4.78 is 0. The molecule has 1 heteroatoms. The SMILES string of the molecule is CC([NH3+])CC(C)C(C)C. The van der Waals surface area contributed by atoms with E-state index in [0.717, 1.165) is 11.8 Å². The van der Waals surface area contributed by atoms with Gasteiger partial charge < -0.3 is 5.73 Å². The van der Waals surface area contributed by atoms with E-state index < -0.39 is 0 Å². The Balaban J connectivity index is 3.38. The maximum Gasteiger partial charge on any atom is 0.0817 e. The lowest BCUT2D eigenvalue weighted by molar-refractivity contribution is -0.417. The highest BCUT2D eigenvalue weighted by Gasteiger charge is 2.10. The molecular weight excluding hydrogens is 110 g/mol. The molecular formula is C8H20N+. The smallest absolute Gasteiger partial charge is 0.0817 e. The van der Waals surface area contributed by atoms with E-state index in [4.69, 9.17) is 0 Å². The van der Waals surface area contributed by atoms with Gasteiger partial charge in [-0.15, -0.1) is 0 Å². The van der Waals surface area contributed by atoms with E-state index in [1.807, 2.05) is 0 Å². The Bertz CT molecular complexity index is 67.0. The molecule has 0 rings (SSSR count). The first-order valence-corrected chi connectivity index (χ1v) is 3.87. The minimum absolute atomic E-state index is 0.613. The van der Waals surface area contributed by atoms with Gasteiger partial charge in [-0.05, 0) is 18.8 Å². The second-order valence-corrected chi connectivity index (χ2v) is 3.56. The normalized spacial score (nSPS) is 18.0. The lowest BCUT2D eigenvalue weighted by Gasteiger charge is -2.15. The van der Waals surface area contributed by atoms with Crippen molar-refractivity contribution in [1.29, 1.82) is 0 Å². The topological polar surface area (TPSA) is 27.6 Å². The molecule has 56 valence electrons. The van der Waals surface area contributed by atoms with Gasteiger partial charge in [0.05, 0.1) is 6.04 Å². The summed E-state index contributed by atoms with van der Waals surface area (Å²) in [5, 5.41) is 0. The van der Waals surface area contributed by atoms with Crippen molar-refractivity contribution in [1.82, 2.24) is 0 Å². The minimum atomic E-state index is 0.613. The Morgan fingerprint density at radius 3 is 1.67 bits per heavy atom. The van der Waals surface area contributed by atoms with Crippen molar-refractivity contribution in [2.24, 2.45) is 11.8 Å². The van der Waals surface area contributed by atoms with Gasteiger partial charge in [0.1, 0.15) is 0 Å². The molecule has 0 saturated heterocycles. The summed E-state index contributed by atoms with van der Waals surface area (Å²) >= 11 is 0. The molecule has 2 atom stereocenters. The van der Waals surface area contributed by atoms with Gasteiger partial charge in [-0.2, -0.15) is 0 Å². The Hall–Kier alpha value is -0.0400. The largest absolute Gasteiger partial charge is 0.355 e. The number of rotatable bonds is 3. The van der Waals surface area contributed by atoms with Gasteiger partial charge in [-0.1, -0.05) is 20.8 Å². The first-order valence-electron chi connectivity index (χ1n) is 3.87. The Kier molecular flexibility index (Phi) is 3.87. The van der Waals surface area contributed by atoms with E-state index in [1.165, 1.54) is 6.42 Å². The molecule has 0 aromatic rings. The third-order valence-corrected chi connectivity index (χ3v) is 1.91. The Morgan fingerprint density at radius 2 is 1.56 bits per heavy atom. The highest BCUT2D eigenvalue weighted by atomic mass is 14.6. The lowest BCUT2D eigenvalue weighted by atomic mass is 9.92. The van der Waals surface area contributed by atoms with Gasteiger partial charge in [0.25, 0.3) is 0 Å². The van der Waals surface area contributed by atoms with E-state index in [1.54, 1.807) is 0 Å². The molecule has 0 amide bonds. The third kappa shape index (κ3) is 4.46. The molecule has 9 heavy (non-hydrogen) atoms. The highest BCUT2D eigenvalue weighted by Crippen LogP contribution is 2.13. The standard InChI is InChI=1S/C8H19N/c1-6(2)7(3)5-8(4)9/h6-8H,5,9H2,1-4H3/p+1. The fourth-order valence-corrected chi connectivity index (χ4v) is 0.907. The molecule has 0 aliphatic heterocycles. The van der Waals surface area contributed by atoms with Gasteiger partial charge in [-0.25, -0.2) is 0 Å². The van der Waals surface area contributed by atoms with E-state index in [-0.39, 0.29) is 0 Å². The number of quaternary nitrogens is 1. The fourth-order valence-electron chi connectivity index (χ4n) is 0.907. The second kappa shape index (κ2) is 3.89. The van der Waals surface area contributed by atoms with Crippen LogP contribution < -0.4 is 5.73 Å². The van der Waals surface area contributed by atoms with E-state index in [9.17, 15) is 0 Å². The van der Waals surface area contributed by atoms with Crippen molar-refractivity contribution in [2.75, 3.05) is 0 Å². The molecule has 0 aliphatic carbocycles. The van der Waals surface area contributed by atoms with Crippen molar-refractivity contribution in [3.8, 4) is 0 Å². The summed E-state index contributed by atoms with van der Waals surface area (Å²) in [5.74, 6) is 1.65. The molecule has 0 spiro atoms. The average molecular weight is 130 g/mol. The Morgan fingerprint density at radius 1 is 1.11 bits per heavy atom. The second-order valence-electron chi connectivity index (χ2n) is 3.56. The molecule has 0 heterocycles. The monoisotopic (exact) mass is 130 g/mol. The van der Waals surface area contributed by atoms with Crippen LogP contribution in [0.25, 0.3) is 0 Å².